The summed E-state index contributed by atoms with van der Waals surface area (Å²) in [5, 5.41) is 13.6. The Hall–Kier alpha value is -1.40. The topological polar surface area (TPSA) is 49.3 Å². The number of hydrogen-bond acceptors (Lipinski definition) is 3. The summed E-state index contributed by atoms with van der Waals surface area (Å²) >= 11 is 0. The van der Waals surface area contributed by atoms with Gasteiger partial charge in [-0.15, -0.1) is 0 Å². The number of benzene rings is 1. The van der Waals surface area contributed by atoms with Crippen LogP contribution in [0, 0.1) is 0 Å². The summed E-state index contributed by atoms with van der Waals surface area (Å²) in [6, 6.07) is 4.57. The number of carbonyl (C=O) groups excluding carboxylic acids is 1. The highest BCUT2D eigenvalue weighted by molar-refractivity contribution is 5.96. The summed E-state index contributed by atoms with van der Waals surface area (Å²) in [4.78, 5) is 12.9. The van der Waals surface area contributed by atoms with Gasteiger partial charge in [-0.05, 0) is 57.7 Å². The Bertz CT molecular complexity index is 578. The van der Waals surface area contributed by atoms with Gasteiger partial charge in [-0.25, -0.2) is 0 Å². The summed E-state index contributed by atoms with van der Waals surface area (Å²) in [6.45, 7) is 5.19. The molecule has 2 rings (SSSR count). The summed E-state index contributed by atoms with van der Waals surface area (Å²) in [6.07, 6.45) is -3.00. The van der Waals surface area contributed by atoms with E-state index in [2.05, 4.69) is 5.32 Å². The Morgan fingerprint density at radius 2 is 1.74 bits per heavy atom. The van der Waals surface area contributed by atoms with Gasteiger partial charge in [0.1, 0.15) is 11.1 Å². The number of Topliss-reactive ketones (excluding diaryl/α,β-unsaturated/α-hetero) is 1. The highest BCUT2D eigenvalue weighted by Gasteiger charge is 2.51. The third-order valence-electron chi connectivity index (χ3n) is 4.33. The predicted molar refractivity (Wildman–Crippen MR) is 80.9 cm³/mol. The molecule has 0 amide bonds. The smallest absolute Gasteiger partial charge is 0.382 e. The van der Waals surface area contributed by atoms with Crippen LogP contribution in [0.25, 0.3) is 0 Å². The highest BCUT2D eigenvalue weighted by atomic mass is 19.4. The fraction of sp³-hybridized carbons (Fsp3) is 0.588. The number of hydrogen-bond donors (Lipinski definition) is 2. The molecule has 1 aromatic carbocycles. The van der Waals surface area contributed by atoms with Gasteiger partial charge in [0.05, 0.1) is 5.56 Å². The molecule has 1 fully saturated rings. The Kier molecular flexibility index (Phi) is 4.61. The van der Waals surface area contributed by atoms with E-state index in [9.17, 15) is 23.1 Å². The third kappa shape index (κ3) is 3.43. The first kappa shape index (κ1) is 17.9. The van der Waals surface area contributed by atoms with Crippen molar-refractivity contribution in [3.63, 3.8) is 0 Å². The monoisotopic (exact) mass is 329 g/mol. The van der Waals surface area contributed by atoms with E-state index in [0.717, 1.165) is 12.1 Å². The van der Waals surface area contributed by atoms with E-state index in [4.69, 9.17) is 0 Å². The number of nitrogens with one attached hydrogen (secondary N) is 1. The molecule has 0 unspecified atom stereocenters. The van der Waals surface area contributed by atoms with E-state index in [1.54, 1.807) is 0 Å². The molecule has 0 heterocycles. The molecule has 1 saturated carbocycles. The number of aliphatic hydroxyl groups is 1. The maximum atomic E-state index is 12.9. The average Bonchev–Trinajstić information content (AvgIpc) is 2.43. The first-order valence-corrected chi connectivity index (χ1v) is 7.72. The Labute approximate surface area is 133 Å². The summed E-state index contributed by atoms with van der Waals surface area (Å²) in [7, 11) is 0. The molecule has 3 nitrogen and oxygen atoms in total. The van der Waals surface area contributed by atoms with Crippen molar-refractivity contribution >= 4 is 5.78 Å². The lowest BCUT2D eigenvalue weighted by atomic mass is 9.68. The van der Waals surface area contributed by atoms with E-state index in [1.807, 2.05) is 13.8 Å². The maximum Gasteiger partial charge on any atom is 0.416 e. The van der Waals surface area contributed by atoms with Crippen molar-refractivity contribution in [2.75, 3.05) is 0 Å². The predicted octanol–water partition coefficient (Wildman–Crippen LogP) is 3.40. The van der Waals surface area contributed by atoms with Gasteiger partial charge in [-0.1, -0.05) is 12.1 Å². The standard InChI is InChI=1S/C17H22F3NO2/c1-11(2)21-16(10-4-9-15(3,23)14(16)22)12-5-7-13(8-6-12)17(18,19)20/h5-8,11,21,23H,4,9-10H2,1-3H3/t15-,16+/m0/s1. The lowest BCUT2D eigenvalue weighted by Gasteiger charge is -2.44. The maximum absolute atomic E-state index is 12.9. The van der Waals surface area contributed by atoms with Crippen LogP contribution in [-0.4, -0.2) is 22.5 Å². The largest absolute Gasteiger partial charge is 0.416 e. The molecular formula is C17H22F3NO2. The van der Waals surface area contributed by atoms with Gasteiger partial charge >= 0.3 is 6.18 Å². The fourth-order valence-corrected chi connectivity index (χ4v) is 3.32. The molecule has 0 radical (unpaired) electrons. The lowest BCUT2D eigenvalue weighted by molar-refractivity contribution is -0.149. The number of carbonyl (C=O) groups is 1. The molecule has 23 heavy (non-hydrogen) atoms. The van der Waals surface area contributed by atoms with Gasteiger partial charge in [0.2, 0.25) is 0 Å². The molecule has 0 aliphatic heterocycles. The third-order valence-corrected chi connectivity index (χ3v) is 4.33. The van der Waals surface area contributed by atoms with Crippen molar-refractivity contribution in [1.82, 2.24) is 5.32 Å². The van der Waals surface area contributed by atoms with Crippen LogP contribution in [0.4, 0.5) is 13.2 Å². The van der Waals surface area contributed by atoms with E-state index < -0.39 is 22.9 Å². The average molecular weight is 329 g/mol. The first-order chi connectivity index (χ1) is 10.5. The minimum absolute atomic E-state index is 0.0601. The highest BCUT2D eigenvalue weighted by Crippen LogP contribution is 2.40. The number of rotatable bonds is 3. The summed E-state index contributed by atoms with van der Waals surface area (Å²) in [5.74, 6) is -0.385. The fourth-order valence-electron chi connectivity index (χ4n) is 3.32. The van der Waals surface area contributed by atoms with E-state index in [1.165, 1.54) is 19.1 Å². The number of halogens is 3. The van der Waals surface area contributed by atoms with Crippen LogP contribution < -0.4 is 5.32 Å². The molecule has 6 heteroatoms. The molecule has 2 N–H and O–H groups in total. The quantitative estimate of drug-likeness (QED) is 0.893. The normalized spacial score (nSPS) is 29.1. The first-order valence-electron chi connectivity index (χ1n) is 7.72. The van der Waals surface area contributed by atoms with Gasteiger partial charge in [-0.3, -0.25) is 10.1 Å². The Morgan fingerprint density at radius 3 is 2.22 bits per heavy atom. The van der Waals surface area contributed by atoms with Crippen molar-refractivity contribution < 1.29 is 23.1 Å². The van der Waals surface area contributed by atoms with Crippen LogP contribution >= 0.6 is 0 Å². The molecule has 0 aromatic heterocycles. The molecule has 1 aromatic rings. The second-order valence-electron chi connectivity index (χ2n) is 6.74. The van der Waals surface area contributed by atoms with E-state index in [0.29, 0.717) is 24.8 Å². The second kappa shape index (κ2) is 5.91. The van der Waals surface area contributed by atoms with Crippen LogP contribution in [0.1, 0.15) is 51.2 Å². The van der Waals surface area contributed by atoms with Gasteiger partial charge in [0.25, 0.3) is 0 Å². The SMILES string of the molecule is CC(C)N[C@@]1(c2ccc(C(F)(F)F)cc2)CCC[C@](C)(O)C1=O. The van der Waals surface area contributed by atoms with Crippen LogP contribution in [0.2, 0.25) is 0 Å². The zero-order valence-electron chi connectivity index (χ0n) is 13.5. The van der Waals surface area contributed by atoms with Gasteiger partial charge < -0.3 is 5.11 Å². The van der Waals surface area contributed by atoms with Crippen LogP contribution in [-0.2, 0) is 16.5 Å². The van der Waals surface area contributed by atoms with Gasteiger partial charge in [0, 0.05) is 6.04 Å². The molecule has 0 bridgehead atoms. The molecule has 0 spiro atoms. The van der Waals surface area contributed by atoms with Crippen molar-refractivity contribution in [3.8, 4) is 0 Å². The molecule has 128 valence electrons. The minimum Gasteiger partial charge on any atom is -0.382 e. The van der Waals surface area contributed by atoms with Gasteiger partial charge in [0.15, 0.2) is 5.78 Å². The lowest BCUT2D eigenvalue weighted by Crippen LogP contribution is -2.61. The van der Waals surface area contributed by atoms with Crippen LogP contribution in [0.15, 0.2) is 24.3 Å². The van der Waals surface area contributed by atoms with Crippen LogP contribution in [0.5, 0.6) is 0 Å². The zero-order valence-corrected chi connectivity index (χ0v) is 13.5. The number of ketones is 1. The molecular weight excluding hydrogens is 307 g/mol. The molecule has 1 aliphatic carbocycles. The van der Waals surface area contributed by atoms with Crippen molar-refractivity contribution in [2.45, 2.75) is 63.4 Å². The Balaban J connectivity index is 2.49. The van der Waals surface area contributed by atoms with Crippen molar-refractivity contribution in [3.05, 3.63) is 35.4 Å². The molecule has 0 saturated heterocycles. The summed E-state index contributed by atoms with van der Waals surface area (Å²) < 4.78 is 38.2. The second-order valence-corrected chi connectivity index (χ2v) is 6.74. The van der Waals surface area contributed by atoms with Crippen molar-refractivity contribution in [2.24, 2.45) is 0 Å². The van der Waals surface area contributed by atoms with E-state index in [-0.39, 0.29) is 11.8 Å². The molecule has 1 aliphatic rings. The number of alkyl halides is 3. The zero-order chi connectivity index (χ0) is 17.5. The van der Waals surface area contributed by atoms with E-state index >= 15 is 0 Å². The van der Waals surface area contributed by atoms with Crippen molar-refractivity contribution in [1.29, 1.82) is 0 Å². The Morgan fingerprint density at radius 1 is 1.17 bits per heavy atom. The summed E-state index contributed by atoms with van der Waals surface area (Å²) in [5.41, 5.74) is -2.93. The minimum atomic E-state index is -4.42. The molecule has 2 atom stereocenters. The van der Waals surface area contributed by atoms with Crippen LogP contribution in [0.3, 0.4) is 0 Å². The van der Waals surface area contributed by atoms with Gasteiger partial charge in [-0.2, -0.15) is 13.2 Å².